The van der Waals surface area contributed by atoms with Crippen LogP contribution in [0, 0.1) is 0 Å². The highest BCUT2D eigenvalue weighted by Crippen LogP contribution is 2.12. The van der Waals surface area contributed by atoms with E-state index in [1.54, 1.807) is 0 Å². The molecule has 0 spiro atoms. The van der Waals surface area contributed by atoms with Gasteiger partial charge < -0.3 is 10.6 Å². The van der Waals surface area contributed by atoms with Gasteiger partial charge in [0.25, 0.3) is 0 Å². The third-order valence-electron chi connectivity index (χ3n) is 3.82. The number of hydrogen-bond acceptors (Lipinski definition) is 3. The van der Waals surface area contributed by atoms with Crippen molar-refractivity contribution in [1.82, 2.24) is 15.5 Å². The molecule has 1 heterocycles. The van der Waals surface area contributed by atoms with Gasteiger partial charge in [-0.1, -0.05) is 13.8 Å². The molecule has 0 aromatic heterocycles. The highest BCUT2D eigenvalue weighted by Gasteiger charge is 2.32. The van der Waals surface area contributed by atoms with Crippen molar-refractivity contribution in [2.75, 3.05) is 19.6 Å². The van der Waals surface area contributed by atoms with E-state index in [4.69, 9.17) is 0 Å². The van der Waals surface area contributed by atoms with Crippen molar-refractivity contribution in [3.8, 4) is 0 Å². The minimum atomic E-state index is -0.109. The summed E-state index contributed by atoms with van der Waals surface area (Å²) in [5.41, 5.74) is -0.109. The van der Waals surface area contributed by atoms with E-state index in [-0.39, 0.29) is 17.5 Å². The van der Waals surface area contributed by atoms with Crippen LogP contribution in [0.4, 0.5) is 0 Å². The Morgan fingerprint density at radius 2 is 2.06 bits per heavy atom. The summed E-state index contributed by atoms with van der Waals surface area (Å²) in [7, 11) is 0. The van der Waals surface area contributed by atoms with Crippen molar-refractivity contribution < 1.29 is 4.79 Å². The van der Waals surface area contributed by atoms with Crippen LogP contribution in [0.2, 0.25) is 0 Å². The van der Waals surface area contributed by atoms with E-state index in [1.807, 2.05) is 6.92 Å². The first-order chi connectivity index (χ1) is 7.91. The highest BCUT2D eigenvalue weighted by molar-refractivity contribution is 5.82. The summed E-state index contributed by atoms with van der Waals surface area (Å²) in [6.07, 6.45) is 0.947. The summed E-state index contributed by atoms with van der Waals surface area (Å²) in [6, 6.07) is 0.475. The van der Waals surface area contributed by atoms with Gasteiger partial charge in [0.1, 0.15) is 0 Å². The molecule has 1 saturated heterocycles. The van der Waals surface area contributed by atoms with Crippen LogP contribution in [0.15, 0.2) is 0 Å². The number of carbonyl (C=O) groups excluding carboxylic acids is 1. The molecule has 1 atom stereocenters. The number of nitrogens with one attached hydrogen (secondary N) is 2. The predicted octanol–water partition coefficient (Wildman–Crippen LogP) is 0.973. The Hall–Kier alpha value is -0.610. The molecule has 0 radical (unpaired) electrons. The van der Waals surface area contributed by atoms with E-state index < -0.39 is 0 Å². The standard InChI is InChI=1S/C13H27N3O/c1-6-13(4,5)15-12(17)10(3)16(7-2)11-8-14-9-11/h10-11,14H,6-9H2,1-5H3,(H,15,17). The molecule has 0 aliphatic carbocycles. The monoisotopic (exact) mass is 241 g/mol. The summed E-state index contributed by atoms with van der Waals surface area (Å²) in [4.78, 5) is 14.5. The lowest BCUT2D eigenvalue weighted by Crippen LogP contribution is -2.62. The van der Waals surface area contributed by atoms with E-state index in [1.165, 1.54) is 0 Å². The van der Waals surface area contributed by atoms with E-state index >= 15 is 0 Å². The zero-order chi connectivity index (χ0) is 13.1. The SMILES string of the molecule is CCN(C1CNC1)C(C)C(=O)NC(C)(C)CC. The lowest BCUT2D eigenvalue weighted by atomic mass is 10.0. The van der Waals surface area contributed by atoms with Gasteiger partial charge in [-0.3, -0.25) is 9.69 Å². The summed E-state index contributed by atoms with van der Waals surface area (Å²) in [5.74, 6) is 0.144. The van der Waals surface area contributed by atoms with Gasteiger partial charge in [0.05, 0.1) is 6.04 Å². The van der Waals surface area contributed by atoms with E-state index in [9.17, 15) is 4.79 Å². The second-order valence-electron chi connectivity index (χ2n) is 5.55. The molecule has 1 aliphatic rings. The molecular formula is C13H27N3O. The molecule has 2 N–H and O–H groups in total. The fraction of sp³-hybridized carbons (Fsp3) is 0.923. The van der Waals surface area contributed by atoms with Gasteiger partial charge in [0.15, 0.2) is 0 Å². The zero-order valence-electron chi connectivity index (χ0n) is 11.8. The lowest BCUT2D eigenvalue weighted by molar-refractivity contribution is -0.128. The third-order valence-corrected chi connectivity index (χ3v) is 3.82. The van der Waals surface area contributed by atoms with Gasteiger partial charge in [0, 0.05) is 24.7 Å². The van der Waals surface area contributed by atoms with Crippen LogP contribution in [0.1, 0.15) is 41.0 Å². The van der Waals surface area contributed by atoms with Gasteiger partial charge >= 0.3 is 0 Å². The largest absolute Gasteiger partial charge is 0.350 e. The highest BCUT2D eigenvalue weighted by atomic mass is 16.2. The molecule has 0 aromatic carbocycles. The van der Waals surface area contributed by atoms with Gasteiger partial charge in [-0.2, -0.15) is 0 Å². The Labute approximate surface area is 105 Å². The fourth-order valence-electron chi connectivity index (χ4n) is 2.03. The number of rotatable bonds is 6. The molecule has 0 aromatic rings. The summed E-state index contributed by atoms with van der Waals surface area (Å²) >= 11 is 0. The number of likely N-dealkylation sites (N-methyl/N-ethyl adjacent to an activating group) is 1. The normalized spacial score (nSPS) is 18.9. The Morgan fingerprint density at radius 1 is 1.47 bits per heavy atom. The molecule has 4 nitrogen and oxygen atoms in total. The van der Waals surface area contributed by atoms with Crippen LogP contribution in [0.3, 0.4) is 0 Å². The third kappa shape index (κ3) is 3.68. The Bertz CT molecular complexity index is 261. The molecule has 0 saturated carbocycles. The zero-order valence-corrected chi connectivity index (χ0v) is 11.8. The summed E-state index contributed by atoms with van der Waals surface area (Å²) < 4.78 is 0. The minimum Gasteiger partial charge on any atom is -0.350 e. The van der Waals surface area contributed by atoms with Gasteiger partial charge in [0.2, 0.25) is 5.91 Å². The molecule has 4 heteroatoms. The second kappa shape index (κ2) is 5.83. The topological polar surface area (TPSA) is 44.4 Å². The molecule has 1 rings (SSSR count). The van der Waals surface area contributed by atoms with Crippen molar-refractivity contribution in [3.63, 3.8) is 0 Å². The Morgan fingerprint density at radius 3 is 2.41 bits per heavy atom. The first-order valence-electron chi connectivity index (χ1n) is 6.69. The molecular weight excluding hydrogens is 214 g/mol. The molecule has 1 amide bonds. The molecule has 1 aliphatic heterocycles. The number of carbonyl (C=O) groups is 1. The molecule has 1 unspecified atom stereocenters. The van der Waals surface area contributed by atoms with Crippen LogP contribution in [0.25, 0.3) is 0 Å². The second-order valence-corrected chi connectivity index (χ2v) is 5.55. The maximum Gasteiger partial charge on any atom is 0.237 e. The smallest absolute Gasteiger partial charge is 0.237 e. The number of nitrogens with zero attached hydrogens (tertiary/aromatic N) is 1. The summed E-state index contributed by atoms with van der Waals surface area (Å²) in [6.45, 7) is 13.3. The fourth-order valence-corrected chi connectivity index (χ4v) is 2.03. The van der Waals surface area contributed by atoms with Crippen LogP contribution in [-0.4, -0.2) is 48.1 Å². The van der Waals surface area contributed by atoms with E-state index in [0.717, 1.165) is 26.1 Å². The van der Waals surface area contributed by atoms with Crippen molar-refractivity contribution in [1.29, 1.82) is 0 Å². The molecule has 1 fully saturated rings. The minimum absolute atomic E-state index is 0.0436. The average molecular weight is 241 g/mol. The van der Waals surface area contributed by atoms with Gasteiger partial charge in [-0.15, -0.1) is 0 Å². The maximum absolute atomic E-state index is 12.2. The molecule has 17 heavy (non-hydrogen) atoms. The Balaban J connectivity index is 2.54. The number of hydrogen-bond donors (Lipinski definition) is 2. The van der Waals surface area contributed by atoms with Crippen molar-refractivity contribution in [2.24, 2.45) is 0 Å². The number of amides is 1. The summed E-state index contributed by atoms with van der Waals surface area (Å²) in [5, 5.41) is 6.38. The molecule has 100 valence electrons. The van der Waals surface area contributed by atoms with E-state index in [2.05, 4.69) is 43.2 Å². The van der Waals surface area contributed by atoms with Gasteiger partial charge in [-0.25, -0.2) is 0 Å². The quantitative estimate of drug-likeness (QED) is 0.728. The first kappa shape index (κ1) is 14.5. The Kier molecular flexibility index (Phi) is 4.95. The lowest BCUT2D eigenvalue weighted by Gasteiger charge is -2.41. The van der Waals surface area contributed by atoms with Crippen LogP contribution in [0.5, 0.6) is 0 Å². The van der Waals surface area contributed by atoms with Crippen LogP contribution in [-0.2, 0) is 4.79 Å². The van der Waals surface area contributed by atoms with Crippen LogP contribution < -0.4 is 10.6 Å². The maximum atomic E-state index is 12.2. The first-order valence-corrected chi connectivity index (χ1v) is 6.69. The predicted molar refractivity (Wildman–Crippen MR) is 71.0 cm³/mol. The van der Waals surface area contributed by atoms with Gasteiger partial charge in [-0.05, 0) is 33.7 Å². The van der Waals surface area contributed by atoms with Crippen LogP contribution >= 0.6 is 0 Å². The van der Waals surface area contributed by atoms with Crippen molar-refractivity contribution in [3.05, 3.63) is 0 Å². The van der Waals surface area contributed by atoms with Crippen molar-refractivity contribution >= 4 is 5.91 Å². The van der Waals surface area contributed by atoms with Crippen molar-refractivity contribution in [2.45, 2.75) is 58.7 Å². The average Bonchev–Trinajstić information content (AvgIpc) is 2.21. The molecule has 0 bridgehead atoms. The van der Waals surface area contributed by atoms with E-state index in [0.29, 0.717) is 6.04 Å².